The molecule has 0 spiro atoms. The molecule has 0 saturated carbocycles. The van der Waals surface area contributed by atoms with Crippen LogP contribution in [0.2, 0.25) is 0 Å². The quantitative estimate of drug-likeness (QED) is 0.490. The molecule has 0 heterocycles. The number of ether oxygens (including phenoxy) is 5. The van der Waals surface area contributed by atoms with Gasteiger partial charge in [0.25, 0.3) is 0 Å². The number of hydrogen-bond acceptors (Lipinski definition) is 6. The van der Waals surface area contributed by atoms with Gasteiger partial charge >= 0.3 is 6.09 Å². The molecule has 0 aliphatic heterocycles. The lowest BCUT2D eigenvalue weighted by Gasteiger charge is -2.10. The van der Waals surface area contributed by atoms with E-state index in [1.807, 2.05) is 27.7 Å². The van der Waals surface area contributed by atoms with Crippen LogP contribution in [0.3, 0.4) is 0 Å². The number of nitrogens with one attached hydrogen (secondary N) is 1. The molecule has 0 fully saturated rings. The molecule has 0 bridgehead atoms. The first-order chi connectivity index (χ1) is 10.5. The predicted molar refractivity (Wildman–Crippen MR) is 83.2 cm³/mol. The molecule has 0 aromatic heterocycles. The van der Waals surface area contributed by atoms with Crippen molar-refractivity contribution >= 4 is 6.09 Å². The van der Waals surface area contributed by atoms with Gasteiger partial charge in [-0.1, -0.05) is 0 Å². The van der Waals surface area contributed by atoms with Crippen molar-refractivity contribution in [3.8, 4) is 0 Å². The number of carbonyl (C=O) groups is 1. The summed E-state index contributed by atoms with van der Waals surface area (Å²) in [5, 5.41) is 2.59. The molecule has 1 N–H and O–H groups in total. The average Bonchev–Trinajstić information content (AvgIpc) is 2.45. The molecular formula is C15H31NO6. The van der Waals surface area contributed by atoms with Gasteiger partial charge in [-0.3, -0.25) is 0 Å². The summed E-state index contributed by atoms with van der Waals surface area (Å²) in [5.41, 5.74) is 0. The Morgan fingerprint density at radius 3 is 1.86 bits per heavy atom. The fraction of sp³-hybridized carbons (Fsp3) is 0.933. The Morgan fingerprint density at radius 1 is 0.773 bits per heavy atom. The van der Waals surface area contributed by atoms with E-state index in [0.717, 1.165) is 0 Å². The third kappa shape index (κ3) is 17.2. The minimum atomic E-state index is -0.460. The van der Waals surface area contributed by atoms with E-state index < -0.39 is 6.09 Å². The Morgan fingerprint density at radius 2 is 1.27 bits per heavy atom. The lowest BCUT2D eigenvalue weighted by Crippen LogP contribution is -2.29. The van der Waals surface area contributed by atoms with Gasteiger partial charge in [0.05, 0.1) is 51.8 Å². The summed E-state index contributed by atoms with van der Waals surface area (Å²) in [6.07, 6.45) is -0.0801. The molecule has 7 nitrogen and oxygen atoms in total. The second-order valence-electron chi connectivity index (χ2n) is 5.13. The summed E-state index contributed by atoms with van der Waals surface area (Å²) in [6.45, 7) is 11.4. The van der Waals surface area contributed by atoms with E-state index in [4.69, 9.17) is 23.7 Å². The third-order valence-corrected chi connectivity index (χ3v) is 2.33. The Labute approximate surface area is 133 Å². The van der Waals surface area contributed by atoms with E-state index in [2.05, 4.69) is 5.32 Å². The first kappa shape index (κ1) is 21.1. The van der Waals surface area contributed by atoms with Gasteiger partial charge in [0.2, 0.25) is 0 Å². The van der Waals surface area contributed by atoms with Gasteiger partial charge < -0.3 is 29.0 Å². The maximum absolute atomic E-state index is 11.3. The lowest BCUT2D eigenvalue weighted by atomic mass is 10.5. The minimum Gasteiger partial charge on any atom is -0.447 e. The topological polar surface area (TPSA) is 75.3 Å². The van der Waals surface area contributed by atoms with Gasteiger partial charge in [-0.2, -0.15) is 0 Å². The summed E-state index contributed by atoms with van der Waals surface area (Å²) < 4.78 is 26.1. The molecule has 7 heteroatoms. The number of hydrogen-bond donors (Lipinski definition) is 1. The molecule has 0 aromatic carbocycles. The largest absolute Gasteiger partial charge is 0.447 e. The van der Waals surface area contributed by atoms with E-state index in [0.29, 0.717) is 46.2 Å². The molecule has 0 radical (unpaired) electrons. The monoisotopic (exact) mass is 321 g/mol. The highest BCUT2D eigenvalue weighted by Gasteiger charge is 2.01. The van der Waals surface area contributed by atoms with Crippen LogP contribution in [0.25, 0.3) is 0 Å². The van der Waals surface area contributed by atoms with E-state index in [9.17, 15) is 4.79 Å². The smallest absolute Gasteiger partial charge is 0.407 e. The Balaban J connectivity index is 3.17. The van der Waals surface area contributed by atoms with Crippen molar-refractivity contribution in [1.29, 1.82) is 0 Å². The summed E-state index contributed by atoms with van der Waals surface area (Å²) in [4.78, 5) is 11.3. The first-order valence-corrected chi connectivity index (χ1v) is 7.81. The highest BCUT2D eigenvalue weighted by molar-refractivity contribution is 5.66. The fourth-order valence-corrected chi connectivity index (χ4v) is 1.36. The molecule has 0 aliphatic carbocycles. The fourth-order valence-electron chi connectivity index (χ4n) is 1.36. The molecule has 0 aliphatic rings. The van der Waals surface area contributed by atoms with Crippen LogP contribution >= 0.6 is 0 Å². The molecule has 0 aromatic rings. The minimum absolute atomic E-state index is 0.158. The first-order valence-electron chi connectivity index (χ1n) is 7.81. The zero-order chi connectivity index (χ0) is 16.6. The summed E-state index contributed by atoms with van der Waals surface area (Å²) >= 11 is 0. The van der Waals surface area contributed by atoms with Crippen LogP contribution in [-0.2, 0) is 23.7 Å². The molecule has 0 rings (SSSR count). The molecule has 0 saturated heterocycles. The van der Waals surface area contributed by atoms with Crippen LogP contribution in [0.15, 0.2) is 0 Å². The van der Waals surface area contributed by atoms with Gasteiger partial charge in [0, 0.05) is 6.54 Å². The Kier molecular flexibility index (Phi) is 14.4. The van der Waals surface area contributed by atoms with Crippen LogP contribution in [-0.4, -0.2) is 71.1 Å². The van der Waals surface area contributed by atoms with Crippen molar-refractivity contribution < 1.29 is 28.5 Å². The lowest BCUT2D eigenvalue weighted by molar-refractivity contribution is -0.00695. The van der Waals surface area contributed by atoms with Gasteiger partial charge in [-0.15, -0.1) is 0 Å². The van der Waals surface area contributed by atoms with E-state index >= 15 is 0 Å². The van der Waals surface area contributed by atoms with Crippen LogP contribution < -0.4 is 5.32 Å². The maximum atomic E-state index is 11.3. The zero-order valence-electron chi connectivity index (χ0n) is 14.3. The Hall–Kier alpha value is -0.890. The molecule has 0 atom stereocenters. The van der Waals surface area contributed by atoms with Gasteiger partial charge in [-0.25, -0.2) is 4.79 Å². The standard InChI is InChI=1S/C15H31NO6/c1-13(2)20-6-5-16-15(17)22-12-10-19-8-7-18-9-11-21-14(3)4/h13-14H,5-12H2,1-4H3,(H,16,17). The van der Waals surface area contributed by atoms with Gasteiger partial charge in [0.15, 0.2) is 0 Å². The number of rotatable bonds is 14. The number of amides is 1. The SMILES string of the molecule is CC(C)OCCNC(=O)OCCOCCOCCOC(C)C. The predicted octanol–water partition coefficient (Wildman–Crippen LogP) is 1.60. The average molecular weight is 321 g/mol. The summed E-state index contributed by atoms with van der Waals surface area (Å²) in [6, 6.07) is 0. The van der Waals surface area contributed by atoms with Crippen LogP contribution in [0, 0.1) is 0 Å². The van der Waals surface area contributed by atoms with Crippen molar-refractivity contribution in [2.24, 2.45) is 0 Å². The van der Waals surface area contributed by atoms with Crippen molar-refractivity contribution in [1.82, 2.24) is 5.32 Å². The molecule has 0 unspecified atom stereocenters. The normalized spacial score (nSPS) is 11.2. The molecule has 22 heavy (non-hydrogen) atoms. The summed E-state index contributed by atoms with van der Waals surface area (Å²) in [5.74, 6) is 0. The van der Waals surface area contributed by atoms with Crippen molar-refractivity contribution in [2.75, 3.05) is 52.8 Å². The van der Waals surface area contributed by atoms with Gasteiger partial charge in [0.1, 0.15) is 6.61 Å². The van der Waals surface area contributed by atoms with E-state index in [1.165, 1.54) is 0 Å². The highest BCUT2D eigenvalue weighted by Crippen LogP contribution is 1.88. The summed E-state index contributed by atoms with van der Waals surface area (Å²) in [7, 11) is 0. The second kappa shape index (κ2) is 15.0. The molecule has 132 valence electrons. The van der Waals surface area contributed by atoms with E-state index in [1.54, 1.807) is 0 Å². The van der Waals surface area contributed by atoms with E-state index in [-0.39, 0.29) is 18.8 Å². The van der Waals surface area contributed by atoms with Crippen molar-refractivity contribution in [3.63, 3.8) is 0 Å². The third-order valence-electron chi connectivity index (χ3n) is 2.33. The van der Waals surface area contributed by atoms with Crippen LogP contribution in [0.5, 0.6) is 0 Å². The molecular weight excluding hydrogens is 290 g/mol. The van der Waals surface area contributed by atoms with Crippen molar-refractivity contribution in [3.05, 3.63) is 0 Å². The highest BCUT2D eigenvalue weighted by atomic mass is 16.6. The van der Waals surface area contributed by atoms with Crippen molar-refractivity contribution in [2.45, 2.75) is 39.9 Å². The maximum Gasteiger partial charge on any atom is 0.407 e. The number of carbonyl (C=O) groups excluding carboxylic acids is 1. The van der Waals surface area contributed by atoms with Crippen LogP contribution in [0.4, 0.5) is 4.79 Å². The van der Waals surface area contributed by atoms with Gasteiger partial charge in [-0.05, 0) is 27.7 Å². The van der Waals surface area contributed by atoms with Crippen LogP contribution in [0.1, 0.15) is 27.7 Å². The Bertz CT molecular complexity index is 260. The zero-order valence-corrected chi connectivity index (χ0v) is 14.3. The number of alkyl carbamates (subject to hydrolysis) is 1. The second-order valence-corrected chi connectivity index (χ2v) is 5.13. The molecule has 1 amide bonds.